The number of benzene rings is 1. The van der Waals surface area contributed by atoms with E-state index in [0.717, 1.165) is 25.3 Å². The maximum Gasteiger partial charge on any atom is 0.416 e. The normalized spacial score (nSPS) is 14.6. The zero-order valence-electron chi connectivity index (χ0n) is 9.98. The topological polar surface area (TPSA) is 73.5 Å². The Labute approximate surface area is 107 Å². The summed E-state index contributed by atoms with van der Waals surface area (Å²) < 4.78 is 42.3. The van der Waals surface area contributed by atoms with E-state index in [0.29, 0.717) is 0 Å². The number of hydrogen-bond donors (Lipinski definition) is 2. The number of halogens is 3. The summed E-state index contributed by atoms with van der Waals surface area (Å²) in [5, 5.41) is 27.6. The van der Waals surface area contributed by atoms with E-state index in [4.69, 9.17) is 10.00 Å². The number of aliphatic hydroxyl groups excluding tert-OH is 2. The van der Waals surface area contributed by atoms with Gasteiger partial charge >= 0.3 is 6.18 Å². The first-order chi connectivity index (χ1) is 8.81. The second kappa shape index (κ2) is 5.91. The minimum atomic E-state index is -4.53. The standard InChI is InChI=1S/C12H12F3NO3/c1-19-10-6-7(12(13,14)15)2-3-8(10)11(18)9(17)4-5-16/h2-3,6,9,11,17-18H,4H2,1H3. The van der Waals surface area contributed by atoms with Crippen LogP contribution in [0.1, 0.15) is 23.7 Å². The molecule has 0 fully saturated rings. The van der Waals surface area contributed by atoms with Crippen molar-refractivity contribution in [2.75, 3.05) is 7.11 Å². The summed E-state index contributed by atoms with van der Waals surface area (Å²) >= 11 is 0. The number of nitriles is 1. The van der Waals surface area contributed by atoms with Crippen LogP contribution in [-0.4, -0.2) is 23.4 Å². The van der Waals surface area contributed by atoms with Crippen LogP contribution in [0.25, 0.3) is 0 Å². The van der Waals surface area contributed by atoms with Crippen LogP contribution in [0.4, 0.5) is 13.2 Å². The van der Waals surface area contributed by atoms with E-state index in [1.807, 2.05) is 0 Å². The van der Waals surface area contributed by atoms with Crippen molar-refractivity contribution in [3.8, 4) is 11.8 Å². The number of nitrogens with zero attached hydrogens (tertiary/aromatic N) is 1. The fourth-order valence-electron chi connectivity index (χ4n) is 1.54. The first-order valence-corrected chi connectivity index (χ1v) is 5.29. The summed E-state index contributed by atoms with van der Waals surface area (Å²) in [6.07, 6.45) is -7.75. The molecule has 7 heteroatoms. The maximum absolute atomic E-state index is 12.5. The van der Waals surface area contributed by atoms with Crippen molar-refractivity contribution >= 4 is 0 Å². The lowest BCUT2D eigenvalue weighted by Gasteiger charge is -2.19. The molecular formula is C12H12F3NO3. The van der Waals surface area contributed by atoms with E-state index in [9.17, 15) is 23.4 Å². The maximum atomic E-state index is 12.5. The average molecular weight is 275 g/mol. The molecule has 0 saturated carbocycles. The molecule has 1 aromatic rings. The van der Waals surface area contributed by atoms with Gasteiger partial charge in [0.25, 0.3) is 0 Å². The number of rotatable bonds is 4. The smallest absolute Gasteiger partial charge is 0.416 e. The van der Waals surface area contributed by atoms with Gasteiger partial charge in [-0.3, -0.25) is 0 Å². The van der Waals surface area contributed by atoms with Crippen LogP contribution in [0.3, 0.4) is 0 Å². The molecule has 0 heterocycles. The lowest BCUT2D eigenvalue weighted by molar-refractivity contribution is -0.137. The highest BCUT2D eigenvalue weighted by atomic mass is 19.4. The van der Waals surface area contributed by atoms with Gasteiger partial charge in [-0.2, -0.15) is 18.4 Å². The molecule has 0 aliphatic rings. The summed E-state index contributed by atoms with van der Waals surface area (Å²) in [5.74, 6) is -0.195. The molecule has 2 N–H and O–H groups in total. The molecule has 1 rings (SSSR count). The lowest BCUT2D eigenvalue weighted by Crippen LogP contribution is -2.18. The molecule has 0 spiro atoms. The van der Waals surface area contributed by atoms with Crippen LogP contribution in [0.15, 0.2) is 18.2 Å². The van der Waals surface area contributed by atoms with E-state index >= 15 is 0 Å². The van der Waals surface area contributed by atoms with Crippen molar-refractivity contribution in [3.63, 3.8) is 0 Å². The van der Waals surface area contributed by atoms with Gasteiger partial charge in [-0.1, -0.05) is 6.07 Å². The zero-order chi connectivity index (χ0) is 14.6. The molecule has 0 radical (unpaired) electrons. The lowest BCUT2D eigenvalue weighted by atomic mass is 10.00. The molecule has 0 aliphatic carbocycles. The van der Waals surface area contributed by atoms with Gasteiger partial charge in [-0.05, 0) is 12.1 Å². The van der Waals surface area contributed by atoms with E-state index in [1.54, 1.807) is 6.07 Å². The molecule has 19 heavy (non-hydrogen) atoms. The van der Waals surface area contributed by atoms with Crippen molar-refractivity contribution in [1.29, 1.82) is 5.26 Å². The largest absolute Gasteiger partial charge is 0.496 e. The Balaban J connectivity index is 3.13. The van der Waals surface area contributed by atoms with Gasteiger partial charge in [0.2, 0.25) is 0 Å². The van der Waals surface area contributed by atoms with Crippen LogP contribution in [0, 0.1) is 11.3 Å². The number of alkyl halides is 3. The molecule has 2 atom stereocenters. The number of ether oxygens (including phenoxy) is 1. The van der Waals surface area contributed by atoms with Gasteiger partial charge in [-0.25, -0.2) is 0 Å². The van der Waals surface area contributed by atoms with Gasteiger partial charge < -0.3 is 14.9 Å². The number of hydrogen-bond acceptors (Lipinski definition) is 4. The number of methoxy groups -OCH3 is 1. The first kappa shape index (κ1) is 15.3. The first-order valence-electron chi connectivity index (χ1n) is 5.29. The van der Waals surface area contributed by atoms with E-state index < -0.39 is 23.9 Å². The quantitative estimate of drug-likeness (QED) is 0.881. The third-order valence-electron chi connectivity index (χ3n) is 2.54. The molecule has 0 aliphatic heterocycles. The Hall–Kier alpha value is -1.78. The molecule has 0 saturated heterocycles. The highest BCUT2D eigenvalue weighted by Gasteiger charge is 2.32. The van der Waals surface area contributed by atoms with Gasteiger partial charge in [0.1, 0.15) is 11.9 Å². The Morgan fingerprint density at radius 3 is 2.47 bits per heavy atom. The minimum Gasteiger partial charge on any atom is -0.496 e. The molecule has 0 amide bonds. The summed E-state index contributed by atoms with van der Waals surface area (Å²) in [7, 11) is 1.16. The van der Waals surface area contributed by atoms with Crippen LogP contribution in [0.5, 0.6) is 5.75 Å². The van der Waals surface area contributed by atoms with Gasteiger partial charge in [0, 0.05) is 5.56 Å². The van der Waals surface area contributed by atoms with Crippen molar-refractivity contribution < 1.29 is 28.1 Å². The number of aliphatic hydroxyl groups is 2. The minimum absolute atomic E-state index is 0.00162. The van der Waals surface area contributed by atoms with E-state index in [2.05, 4.69) is 0 Å². The molecule has 104 valence electrons. The van der Waals surface area contributed by atoms with Gasteiger partial charge in [0.15, 0.2) is 0 Å². The Kier molecular flexibility index (Phi) is 4.75. The molecule has 1 aromatic carbocycles. The van der Waals surface area contributed by atoms with Crippen molar-refractivity contribution in [1.82, 2.24) is 0 Å². The summed E-state index contributed by atoms with van der Waals surface area (Å²) in [6, 6.07) is 4.19. The summed E-state index contributed by atoms with van der Waals surface area (Å²) in [4.78, 5) is 0. The predicted octanol–water partition coefficient (Wildman–Crippen LogP) is 2.02. The molecule has 2 unspecified atom stereocenters. The predicted molar refractivity (Wildman–Crippen MR) is 59.2 cm³/mol. The van der Waals surface area contributed by atoms with Gasteiger partial charge in [-0.15, -0.1) is 0 Å². The average Bonchev–Trinajstić information content (AvgIpc) is 2.36. The van der Waals surface area contributed by atoms with Crippen LogP contribution < -0.4 is 4.74 Å². The highest BCUT2D eigenvalue weighted by molar-refractivity contribution is 5.40. The fourth-order valence-corrected chi connectivity index (χ4v) is 1.54. The second-order valence-electron chi connectivity index (χ2n) is 3.83. The van der Waals surface area contributed by atoms with Crippen molar-refractivity contribution in [2.45, 2.75) is 24.8 Å². The Morgan fingerprint density at radius 2 is 2.00 bits per heavy atom. The Morgan fingerprint density at radius 1 is 1.37 bits per heavy atom. The monoisotopic (exact) mass is 275 g/mol. The van der Waals surface area contributed by atoms with Crippen LogP contribution in [-0.2, 0) is 6.18 Å². The third kappa shape index (κ3) is 3.59. The van der Waals surface area contributed by atoms with Crippen LogP contribution in [0.2, 0.25) is 0 Å². The SMILES string of the molecule is COc1cc(C(F)(F)F)ccc1C(O)C(O)CC#N. The van der Waals surface area contributed by atoms with Crippen molar-refractivity contribution in [2.24, 2.45) is 0 Å². The van der Waals surface area contributed by atoms with E-state index in [-0.39, 0.29) is 17.7 Å². The molecular weight excluding hydrogens is 263 g/mol. The summed E-state index contributed by atoms with van der Waals surface area (Å²) in [5.41, 5.74) is -0.923. The fraction of sp³-hybridized carbons (Fsp3) is 0.417. The van der Waals surface area contributed by atoms with E-state index in [1.165, 1.54) is 0 Å². The summed E-state index contributed by atoms with van der Waals surface area (Å²) in [6.45, 7) is 0. The van der Waals surface area contributed by atoms with Gasteiger partial charge in [0.05, 0.1) is 31.3 Å². The molecule has 0 bridgehead atoms. The zero-order valence-corrected chi connectivity index (χ0v) is 9.98. The third-order valence-corrected chi connectivity index (χ3v) is 2.54. The Bertz CT molecular complexity index is 482. The van der Waals surface area contributed by atoms with Crippen LogP contribution >= 0.6 is 0 Å². The second-order valence-corrected chi connectivity index (χ2v) is 3.83. The molecule has 0 aromatic heterocycles. The van der Waals surface area contributed by atoms with Crippen molar-refractivity contribution in [3.05, 3.63) is 29.3 Å². The highest BCUT2D eigenvalue weighted by Crippen LogP contribution is 2.35. The molecule has 4 nitrogen and oxygen atoms in total.